The van der Waals surface area contributed by atoms with Gasteiger partial charge < -0.3 is 18.8 Å². The number of nitrogens with zero attached hydrogens (tertiary/aromatic N) is 2. The maximum absolute atomic E-state index is 6.01. The molecule has 0 aromatic carbocycles. The van der Waals surface area contributed by atoms with E-state index in [0.717, 1.165) is 11.9 Å². The van der Waals surface area contributed by atoms with Crippen LogP contribution in [-0.4, -0.2) is 48.6 Å². The van der Waals surface area contributed by atoms with Gasteiger partial charge in [-0.2, -0.15) is 5.10 Å². The monoisotopic (exact) mass is 296 g/mol. The van der Waals surface area contributed by atoms with Crippen LogP contribution >= 0.6 is 0 Å². The molecule has 2 heterocycles. The molecule has 1 aromatic heterocycles. The molecule has 1 aliphatic heterocycles. The molecule has 6 nitrogen and oxygen atoms in total. The second-order valence-corrected chi connectivity index (χ2v) is 6.31. The van der Waals surface area contributed by atoms with Crippen LogP contribution in [0.15, 0.2) is 12.4 Å². The Hall–Kier alpha value is -0.885. The van der Waals surface area contributed by atoms with Crippen molar-refractivity contribution in [3.63, 3.8) is 0 Å². The zero-order valence-electron chi connectivity index (χ0n) is 13.8. The Morgan fingerprint density at radius 3 is 2.29 bits per heavy atom. The maximum Gasteiger partial charge on any atom is 0.498 e. The van der Waals surface area contributed by atoms with Crippen molar-refractivity contribution in [3.8, 4) is 0 Å². The third-order valence-corrected chi connectivity index (χ3v) is 4.30. The van der Waals surface area contributed by atoms with Crippen LogP contribution in [0.25, 0.3) is 0 Å². The van der Waals surface area contributed by atoms with Crippen LogP contribution in [0.3, 0.4) is 0 Å². The van der Waals surface area contributed by atoms with Crippen LogP contribution in [0.2, 0.25) is 0 Å². The van der Waals surface area contributed by atoms with E-state index in [-0.39, 0.29) is 24.6 Å². The molecule has 0 unspecified atom stereocenters. The van der Waals surface area contributed by atoms with Crippen molar-refractivity contribution in [1.82, 2.24) is 9.78 Å². The summed E-state index contributed by atoms with van der Waals surface area (Å²) in [7, 11) is 2.89. The lowest BCUT2D eigenvalue weighted by Gasteiger charge is -2.32. The molecule has 21 heavy (non-hydrogen) atoms. The van der Waals surface area contributed by atoms with E-state index in [1.165, 1.54) is 0 Å². The second-order valence-electron chi connectivity index (χ2n) is 6.31. The van der Waals surface area contributed by atoms with Gasteiger partial charge in [-0.3, -0.25) is 4.68 Å². The average molecular weight is 296 g/mol. The lowest BCUT2D eigenvalue weighted by molar-refractivity contribution is -0.108. The van der Waals surface area contributed by atoms with Gasteiger partial charge in [0.1, 0.15) is 0 Å². The highest BCUT2D eigenvalue weighted by Crippen LogP contribution is 2.36. The van der Waals surface area contributed by atoms with Gasteiger partial charge >= 0.3 is 7.12 Å². The van der Waals surface area contributed by atoms with Crippen molar-refractivity contribution in [1.29, 1.82) is 0 Å². The first-order valence-corrected chi connectivity index (χ1v) is 7.22. The van der Waals surface area contributed by atoms with Crippen molar-refractivity contribution in [3.05, 3.63) is 12.4 Å². The van der Waals surface area contributed by atoms with Crippen molar-refractivity contribution in [2.45, 2.75) is 58.2 Å². The van der Waals surface area contributed by atoms with E-state index in [9.17, 15) is 0 Å². The zero-order valence-corrected chi connectivity index (χ0v) is 13.8. The lowest BCUT2D eigenvalue weighted by atomic mass is 9.82. The van der Waals surface area contributed by atoms with Crippen molar-refractivity contribution in [2.24, 2.45) is 0 Å². The molecule has 0 amide bonds. The van der Waals surface area contributed by atoms with Crippen LogP contribution in [-0.2, 0) is 25.3 Å². The normalized spacial score (nSPS) is 20.4. The largest absolute Gasteiger partial charge is 0.498 e. The topological polar surface area (TPSA) is 54.7 Å². The Balaban J connectivity index is 1.98. The molecule has 0 bridgehead atoms. The number of aromatic nitrogens is 2. The number of hydrogen-bond acceptors (Lipinski definition) is 5. The van der Waals surface area contributed by atoms with Gasteiger partial charge in [0.2, 0.25) is 0 Å². The first-order chi connectivity index (χ1) is 9.79. The summed E-state index contributed by atoms with van der Waals surface area (Å²) in [5.74, 6) is 0. The molecule has 118 valence electrons. The van der Waals surface area contributed by atoms with E-state index in [1.807, 2.05) is 38.6 Å². The third-order valence-electron chi connectivity index (χ3n) is 4.30. The minimum Gasteiger partial charge on any atom is -0.399 e. The van der Waals surface area contributed by atoms with Crippen LogP contribution in [0.1, 0.15) is 34.1 Å². The van der Waals surface area contributed by atoms with Gasteiger partial charge in [-0.25, -0.2) is 0 Å². The molecule has 0 spiro atoms. The Morgan fingerprint density at radius 2 is 1.76 bits per heavy atom. The van der Waals surface area contributed by atoms with Crippen LogP contribution in [0.4, 0.5) is 0 Å². The minimum atomic E-state index is -0.371. The quantitative estimate of drug-likeness (QED) is 0.583. The van der Waals surface area contributed by atoms with Gasteiger partial charge in [0.25, 0.3) is 0 Å². The van der Waals surface area contributed by atoms with E-state index in [2.05, 4.69) is 5.10 Å². The third kappa shape index (κ3) is 3.48. The second kappa shape index (κ2) is 6.08. The SMILES string of the molecule is COC(CCn1cc(B2OC(C)(C)C(C)(C)O2)cn1)OC. The fraction of sp³-hybridized carbons (Fsp3) is 0.786. The molecular formula is C14H25BN2O4. The smallest absolute Gasteiger partial charge is 0.399 e. The summed E-state index contributed by atoms with van der Waals surface area (Å²) in [6.45, 7) is 8.88. The van der Waals surface area contributed by atoms with Gasteiger partial charge in [0, 0.05) is 45.0 Å². The molecule has 1 saturated heterocycles. The van der Waals surface area contributed by atoms with Crippen molar-refractivity contribution >= 4 is 12.6 Å². The molecule has 7 heteroatoms. The van der Waals surface area contributed by atoms with Gasteiger partial charge in [-0.1, -0.05) is 0 Å². The first kappa shape index (κ1) is 16.5. The minimum absolute atomic E-state index is 0.213. The molecule has 0 aliphatic carbocycles. The highest BCUT2D eigenvalue weighted by atomic mass is 16.7. The van der Waals surface area contributed by atoms with E-state index in [0.29, 0.717) is 6.54 Å². The van der Waals surface area contributed by atoms with Gasteiger partial charge in [-0.15, -0.1) is 0 Å². The Labute approximate surface area is 126 Å². The van der Waals surface area contributed by atoms with E-state index >= 15 is 0 Å². The number of rotatable bonds is 6. The predicted molar refractivity (Wildman–Crippen MR) is 80.4 cm³/mol. The number of aryl methyl sites for hydroxylation is 1. The number of hydrogen-bond donors (Lipinski definition) is 0. The highest BCUT2D eigenvalue weighted by molar-refractivity contribution is 6.61. The van der Waals surface area contributed by atoms with Gasteiger partial charge in [-0.05, 0) is 27.7 Å². The molecule has 0 atom stereocenters. The highest BCUT2D eigenvalue weighted by Gasteiger charge is 2.52. The molecule has 0 radical (unpaired) electrons. The number of ether oxygens (including phenoxy) is 2. The Morgan fingerprint density at radius 1 is 1.19 bits per heavy atom. The molecule has 1 aliphatic rings. The van der Waals surface area contributed by atoms with Crippen LogP contribution in [0.5, 0.6) is 0 Å². The summed E-state index contributed by atoms with van der Waals surface area (Å²) in [5, 5.41) is 4.34. The van der Waals surface area contributed by atoms with Crippen LogP contribution < -0.4 is 5.46 Å². The summed E-state index contributed by atoms with van der Waals surface area (Å²) >= 11 is 0. The van der Waals surface area contributed by atoms with Crippen molar-refractivity contribution in [2.75, 3.05) is 14.2 Å². The van der Waals surface area contributed by atoms with Crippen molar-refractivity contribution < 1.29 is 18.8 Å². The molecule has 0 N–H and O–H groups in total. The predicted octanol–water partition coefficient (Wildman–Crippen LogP) is 1.19. The molecule has 0 saturated carbocycles. The Bertz CT molecular complexity index is 455. The summed E-state index contributed by atoms with van der Waals surface area (Å²) in [6, 6.07) is 0. The summed E-state index contributed by atoms with van der Waals surface area (Å²) in [6.07, 6.45) is 4.26. The fourth-order valence-electron chi connectivity index (χ4n) is 2.17. The molecule has 1 fully saturated rings. The summed E-state index contributed by atoms with van der Waals surface area (Å²) < 4.78 is 24.2. The molecule has 1 aromatic rings. The standard InChI is InChI=1S/C14H25BN2O4/c1-13(2)14(3,4)21-15(20-13)11-9-16-17(10-11)8-7-12(18-5)19-6/h9-10,12H,7-8H2,1-6H3. The van der Waals surface area contributed by atoms with E-state index in [1.54, 1.807) is 20.4 Å². The summed E-state index contributed by atoms with van der Waals surface area (Å²) in [4.78, 5) is 0. The van der Waals surface area contributed by atoms with Gasteiger partial charge in [0.15, 0.2) is 6.29 Å². The van der Waals surface area contributed by atoms with E-state index in [4.69, 9.17) is 18.8 Å². The average Bonchev–Trinajstić information content (AvgIpc) is 2.94. The van der Waals surface area contributed by atoms with Crippen LogP contribution in [0, 0.1) is 0 Å². The lowest BCUT2D eigenvalue weighted by Crippen LogP contribution is -2.41. The molecular weight excluding hydrogens is 271 g/mol. The zero-order chi connectivity index (χ0) is 15.7. The first-order valence-electron chi connectivity index (χ1n) is 7.22. The number of methoxy groups -OCH3 is 2. The van der Waals surface area contributed by atoms with Gasteiger partial charge in [0.05, 0.1) is 11.2 Å². The summed E-state index contributed by atoms with van der Waals surface area (Å²) in [5.41, 5.74) is 0.258. The maximum atomic E-state index is 6.01. The van der Waals surface area contributed by atoms with E-state index < -0.39 is 0 Å². The molecule has 2 rings (SSSR count). The fourth-order valence-corrected chi connectivity index (χ4v) is 2.17. The Kier molecular flexibility index (Phi) is 4.77.